The van der Waals surface area contributed by atoms with Crippen LogP contribution in [0.2, 0.25) is 0 Å². The van der Waals surface area contributed by atoms with Crippen molar-refractivity contribution < 1.29 is 31.1 Å². The molecule has 1 N–H and O–H groups in total. The smallest absolute Gasteiger partial charge is 0.261 e. The van der Waals surface area contributed by atoms with E-state index in [0.717, 1.165) is 0 Å². The number of nitrogens with zero attached hydrogens (tertiary/aromatic N) is 2. The van der Waals surface area contributed by atoms with Crippen LogP contribution in [0.5, 0.6) is 5.75 Å². The zero-order valence-corrected chi connectivity index (χ0v) is 21.0. The SMILES string of the molecule is CCN(CC)S(=O)(=O)c1ccc(NS(=O)(=O)c2ccc(OC)c(C(=O)N3CCOCC3)c2)cc1. The van der Waals surface area contributed by atoms with Gasteiger partial charge in [-0.1, -0.05) is 13.8 Å². The van der Waals surface area contributed by atoms with Gasteiger partial charge in [-0.15, -0.1) is 0 Å². The first kappa shape index (κ1) is 25.9. The Morgan fingerprint density at radius 1 is 1.00 bits per heavy atom. The second-order valence-corrected chi connectivity index (χ2v) is 11.1. The van der Waals surface area contributed by atoms with Crippen LogP contribution in [0, 0.1) is 0 Å². The Kier molecular flexibility index (Phi) is 8.18. The van der Waals surface area contributed by atoms with Crippen LogP contribution in [0.25, 0.3) is 0 Å². The Labute approximate surface area is 200 Å². The van der Waals surface area contributed by atoms with Crippen molar-refractivity contribution in [2.45, 2.75) is 23.6 Å². The molecule has 0 spiro atoms. The highest BCUT2D eigenvalue weighted by atomic mass is 32.2. The van der Waals surface area contributed by atoms with Gasteiger partial charge < -0.3 is 14.4 Å². The first-order valence-electron chi connectivity index (χ1n) is 10.8. The molecule has 12 heteroatoms. The van der Waals surface area contributed by atoms with E-state index in [0.29, 0.717) is 39.4 Å². The van der Waals surface area contributed by atoms with Crippen LogP contribution >= 0.6 is 0 Å². The van der Waals surface area contributed by atoms with E-state index in [4.69, 9.17) is 9.47 Å². The lowest BCUT2D eigenvalue weighted by atomic mass is 10.1. The summed E-state index contributed by atoms with van der Waals surface area (Å²) in [6.45, 7) is 5.78. The molecule has 2 aromatic rings. The van der Waals surface area contributed by atoms with E-state index in [1.54, 1.807) is 18.7 Å². The summed E-state index contributed by atoms with van der Waals surface area (Å²) >= 11 is 0. The first-order valence-corrected chi connectivity index (χ1v) is 13.7. The molecule has 10 nitrogen and oxygen atoms in total. The molecule has 1 aliphatic heterocycles. The number of anilines is 1. The molecule has 0 aliphatic carbocycles. The van der Waals surface area contributed by atoms with Gasteiger partial charge in [0.15, 0.2) is 0 Å². The largest absolute Gasteiger partial charge is 0.496 e. The minimum absolute atomic E-state index is 0.0713. The Balaban J connectivity index is 1.85. The molecule has 1 aliphatic rings. The molecule has 0 radical (unpaired) electrons. The summed E-state index contributed by atoms with van der Waals surface area (Å²) in [7, 11) is -6.31. The number of ether oxygens (including phenoxy) is 2. The third kappa shape index (κ3) is 5.52. The summed E-state index contributed by atoms with van der Waals surface area (Å²) in [6, 6.07) is 9.53. The van der Waals surface area contributed by atoms with Gasteiger partial charge in [0.1, 0.15) is 5.75 Å². The average molecular weight is 512 g/mol. The Morgan fingerprint density at radius 2 is 1.59 bits per heavy atom. The quantitative estimate of drug-likeness (QED) is 0.546. The number of hydrogen-bond donors (Lipinski definition) is 1. The zero-order valence-electron chi connectivity index (χ0n) is 19.4. The van der Waals surface area contributed by atoms with E-state index in [1.807, 2.05) is 0 Å². The molecule has 1 saturated heterocycles. The van der Waals surface area contributed by atoms with E-state index in [1.165, 1.54) is 53.9 Å². The van der Waals surface area contributed by atoms with Gasteiger partial charge >= 0.3 is 0 Å². The van der Waals surface area contributed by atoms with Gasteiger partial charge in [-0.25, -0.2) is 16.8 Å². The van der Waals surface area contributed by atoms with Crippen molar-refractivity contribution in [2.75, 3.05) is 51.2 Å². The van der Waals surface area contributed by atoms with Gasteiger partial charge in [-0.05, 0) is 42.5 Å². The van der Waals surface area contributed by atoms with Crippen molar-refractivity contribution in [3.05, 3.63) is 48.0 Å². The van der Waals surface area contributed by atoms with Gasteiger partial charge in [-0.3, -0.25) is 9.52 Å². The summed E-state index contributed by atoms with van der Waals surface area (Å²) in [5.41, 5.74) is 0.323. The third-order valence-electron chi connectivity index (χ3n) is 5.46. The fourth-order valence-electron chi connectivity index (χ4n) is 3.58. The van der Waals surface area contributed by atoms with Crippen LogP contribution in [-0.4, -0.2) is 78.5 Å². The van der Waals surface area contributed by atoms with E-state index >= 15 is 0 Å². The topological polar surface area (TPSA) is 122 Å². The molecule has 0 unspecified atom stereocenters. The molecule has 0 atom stereocenters. The van der Waals surface area contributed by atoms with Gasteiger partial charge in [0, 0.05) is 31.9 Å². The Morgan fingerprint density at radius 3 is 2.15 bits per heavy atom. The number of hydrogen-bond acceptors (Lipinski definition) is 7. The minimum atomic E-state index is -4.06. The molecule has 1 fully saturated rings. The molecule has 0 bridgehead atoms. The van der Waals surface area contributed by atoms with Gasteiger partial charge in [0.2, 0.25) is 10.0 Å². The predicted octanol–water partition coefficient (Wildman–Crippen LogP) is 2.00. The fraction of sp³-hybridized carbons (Fsp3) is 0.409. The van der Waals surface area contributed by atoms with Crippen molar-refractivity contribution in [1.82, 2.24) is 9.21 Å². The molecule has 0 aromatic heterocycles. The summed E-state index contributed by atoms with van der Waals surface area (Å²) < 4.78 is 65.6. The molecule has 34 heavy (non-hydrogen) atoms. The molecule has 3 rings (SSSR count). The van der Waals surface area contributed by atoms with Gasteiger partial charge in [0.25, 0.3) is 15.9 Å². The van der Waals surface area contributed by atoms with Crippen molar-refractivity contribution in [1.29, 1.82) is 0 Å². The monoisotopic (exact) mass is 511 g/mol. The van der Waals surface area contributed by atoms with Crippen molar-refractivity contribution in [3.63, 3.8) is 0 Å². The number of morpholine rings is 1. The Hall–Kier alpha value is -2.67. The standard InChI is InChI=1S/C22H29N3O7S2/c1-4-25(5-2)34(29,30)18-8-6-17(7-9-18)23-33(27,28)19-10-11-21(31-3)20(16-19)22(26)24-12-14-32-15-13-24/h6-11,16,23H,4-5,12-15H2,1-3H3. The third-order valence-corrected chi connectivity index (χ3v) is 8.90. The van der Waals surface area contributed by atoms with Crippen LogP contribution in [0.4, 0.5) is 5.69 Å². The lowest BCUT2D eigenvalue weighted by Crippen LogP contribution is -2.40. The first-order chi connectivity index (χ1) is 16.1. The van der Waals surface area contributed by atoms with Crippen LogP contribution in [0.3, 0.4) is 0 Å². The van der Waals surface area contributed by atoms with Crippen LogP contribution in [0.1, 0.15) is 24.2 Å². The highest BCUT2D eigenvalue weighted by Crippen LogP contribution is 2.26. The summed E-state index contributed by atoms with van der Waals surface area (Å²) in [6.07, 6.45) is 0. The number of carbonyl (C=O) groups is 1. The highest BCUT2D eigenvalue weighted by Gasteiger charge is 2.25. The normalized spacial score (nSPS) is 14.8. The molecule has 1 amide bonds. The summed E-state index contributed by atoms with van der Waals surface area (Å²) in [4.78, 5) is 14.5. The molecule has 2 aromatic carbocycles. The number of carbonyl (C=O) groups excluding carboxylic acids is 1. The number of benzene rings is 2. The van der Waals surface area contributed by atoms with Gasteiger partial charge in [-0.2, -0.15) is 4.31 Å². The van der Waals surface area contributed by atoms with Crippen LogP contribution < -0.4 is 9.46 Å². The number of rotatable bonds is 9. The molecular formula is C22H29N3O7S2. The zero-order chi connectivity index (χ0) is 24.9. The molecule has 0 saturated carbocycles. The fourth-order valence-corrected chi connectivity index (χ4v) is 6.12. The maximum Gasteiger partial charge on any atom is 0.261 e. The molecule has 186 valence electrons. The maximum atomic E-state index is 13.0. The predicted molar refractivity (Wildman–Crippen MR) is 127 cm³/mol. The van der Waals surface area contributed by atoms with E-state index < -0.39 is 20.0 Å². The van der Waals surface area contributed by atoms with E-state index in [9.17, 15) is 21.6 Å². The van der Waals surface area contributed by atoms with Gasteiger partial charge in [0.05, 0.1) is 35.7 Å². The van der Waals surface area contributed by atoms with Crippen molar-refractivity contribution in [3.8, 4) is 5.75 Å². The van der Waals surface area contributed by atoms with Crippen molar-refractivity contribution in [2.24, 2.45) is 0 Å². The highest BCUT2D eigenvalue weighted by molar-refractivity contribution is 7.92. The van der Waals surface area contributed by atoms with E-state index in [-0.39, 0.29) is 32.7 Å². The summed E-state index contributed by atoms with van der Waals surface area (Å²) in [5.74, 6) is -0.0791. The Bertz CT molecular complexity index is 1220. The molecular weight excluding hydrogens is 482 g/mol. The second kappa shape index (κ2) is 10.7. The molecule has 1 heterocycles. The number of amides is 1. The number of methoxy groups -OCH3 is 1. The number of nitrogens with one attached hydrogen (secondary N) is 1. The lowest BCUT2D eigenvalue weighted by molar-refractivity contribution is 0.0300. The van der Waals surface area contributed by atoms with Crippen molar-refractivity contribution >= 4 is 31.6 Å². The van der Waals surface area contributed by atoms with Crippen LogP contribution in [-0.2, 0) is 24.8 Å². The lowest BCUT2D eigenvalue weighted by Gasteiger charge is -2.27. The average Bonchev–Trinajstić information content (AvgIpc) is 2.84. The summed E-state index contributed by atoms with van der Waals surface area (Å²) in [5, 5.41) is 0. The van der Waals surface area contributed by atoms with E-state index in [2.05, 4.69) is 4.72 Å². The van der Waals surface area contributed by atoms with Crippen LogP contribution in [0.15, 0.2) is 52.3 Å². The maximum absolute atomic E-state index is 13.0. The number of sulfonamides is 2. The second-order valence-electron chi connectivity index (χ2n) is 7.49. The minimum Gasteiger partial charge on any atom is -0.496 e.